The molecule has 0 amide bonds. The van der Waals surface area contributed by atoms with Crippen LogP contribution >= 0.6 is 0 Å². The fourth-order valence-electron chi connectivity index (χ4n) is 1.36. The Hall–Kier alpha value is -2.38. The summed E-state index contributed by atoms with van der Waals surface area (Å²) in [4.78, 5) is 3.12. The van der Waals surface area contributed by atoms with E-state index in [1.807, 2.05) is 0 Å². The fraction of sp³-hybridized carbons (Fsp3) is 0.0833. The van der Waals surface area contributed by atoms with Gasteiger partial charge in [0.1, 0.15) is 11.4 Å². The van der Waals surface area contributed by atoms with Crippen molar-refractivity contribution in [3.63, 3.8) is 0 Å². The second kappa shape index (κ2) is 4.95. The van der Waals surface area contributed by atoms with Crippen molar-refractivity contribution in [2.75, 3.05) is 5.73 Å². The minimum absolute atomic E-state index is 0.164. The molecular weight excluding hydrogens is 283 g/mol. The molecule has 0 atom stereocenters. The monoisotopic (exact) mass is 290 g/mol. The number of nitrogens with two attached hydrogens (primary N) is 1. The maximum atomic E-state index is 13.0. The molecule has 0 bridgehead atoms. The van der Waals surface area contributed by atoms with E-state index in [1.54, 1.807) is 0 Å². The van der Waals surface area contributed by atoms with Gasteiger partial charge in [-0.3, -0.25) is 0 Å². The Morgan fingerprint density at radius 1 is 1.05 bits per heavy atom. The molecule has 0 aliphatic rings. The number of alkyl halides is 3. The summed E-state index contributed by atoms with van der Waals surface area (Å²) in [6.07, 6.45) is -3.89. The lowest BCUT2D eigenvalue weighted by Gasteiger charge is -2.11. The first-order valence-corrected chi connectivity index (χ1v) is 5.23. The molecule has 0 spiro atoms. The van der Waals surface area contributed by atoms with Crippen LogP contribution in [0.25, 0.3) is 0 Å². The predicted molar refractivity (Wildman–Crippen MR) is 60.1 cm³/mol. The third-order valence-electron chi connectivity index (χ3n) is 2.30. The molecule has 0 saturated heterocycles. The zero-order valence-electron chi connectivity index (χ0n) is 9.71. The SMILES string of the molecule is Nc1cnc(C(F)(F)F)cc1Oc1ccc(F)c(F)c1. The van der Waals surface area contributed by atoms with E-state index in [4.69, 9.17) is 10.5 Å². The lowest BCUT2D eigenvalue weighted by molar-refractivity contribution is -0.141. The minimum Gasteiger partial charge on any atom is -0.455 e. The third-order valence-corrected chi connectivity index (χ3v) is 2.30. The number of hydrogen-bond donors (Lipinski definition) is 1. The zero-order valence-corrected chi connectivity index (χ0v) is 9.71. The van der Waals surface area contributed by atoms with Crippen molar-refractivity contribution in [2.45, 2.75) is 6.18 Å². The molecule has 1 heterocycles. The van der Waals surface area contributed by atoms with Crippen molar-refractivity contribution in [3.05, 3.63) is 47.8 Å². The topological polar surface area (TPSA) is 48.1 Å². The summed E-state index contributed by atoms with van der Waals surface area (Å²) in [7, 11) is 0. The van der Waals surface area contributed by atoms with Gasteiger partial charge in [-0.25, -0.2) is 13.8 Å². The summed E-state index contributed by atoms with van der Waals surface area (Å²) in [5.41, 5.74) is 4.06. The second-order valence-corrected chi connectivity index (χ2v) is 3.78. The lowest BCUT2D eigenvalue weighted by Crippen LogP contribution is -2.08. The van der Waals surface area contributed by atoms with E-state index in [0.29, 0.717) is 12.1 Å². The van der Waals surface area contributed by atoms with E-state index in [1.165, 1.54) is 0 Å². The van der Waals surface area contributed by atoms with Crippen molar-refractivity contribution >= 4 is 5.69 Å². The summed E-state index contributed by atoms with van der Waals surface area (Å²) >= 11 is 0. The van der Waals surface area contributed by atoms with Gasteiger partial charge in [0.2, 0.25) is 0 Å². The molecule has 0 fully saturated rings. The van der Waals surface area contributed by atoms with Gasteiger partial charge >= 0.3 is 6.18 Å². The number of rotatable bonds is 2. The van der Waals surface area contributed by atoms with Crippen molar-refractivity contribution in [2.24, 2.45) is 0 Å². The van der Waals surface area contributed by atoms with E-state index in [-0.39, 0.29) is 17.2 Å². The molecule has 1 aromatic heterocycles. The molecule has 2 N–H and O–H groups in total. The van der Waals surface area contributed by atoms with Gasteiger partial charge in [-0.05, 0) is 12.1 Å². The van der Waals surface area contributed by atoms with Crippen LogP contribution < -0.4 is 10.5 Å². The molecule has 3 nitrogen and oxygen atoms in total. The normalized spacial score (nSPS) is 11.4. The van der Waals surface area contributed by atoms with Crippen LogP contribution in [0.2, 0.25) is 0 Å². The molecule has 0 unspecified atom stereocenters. The minimum atomic E-state index is -4.67. The largest absolute Gasteiger partial charge is 0.455 e. The van der Waals surface area contributed by atoms with E-state index < -0.39 is 23.5 Å². The Balaban J connectivity index is 2.35. The highest BCUT2D eigenvalue weighted by Gasteiger charge is 2.33. The van der Waals surface area contributed by atoms with Crippen LogP contribution in [0.15, 0.2) is 30.5 Å². The highest BCUT2D eigenvalue weighted by atomic mass is 19.4. The number of ether oxygens (including phenoxy) is 1. The number of nitrogens with zero attached hydrogens (tertiary/aromatic N) is 1. The first-order chi connectivity index (χ1) is 9.27. The smallest absolute Gasteiger partial charge is 0.433 e. The standard InChI is InChI=1S/C12H7F5N2O/c13-7-2-1-6(3-8(7)14)20-10-4-11(12(15,16)17)19-5-9(10)18/h1-5H,18H2. The molecule has 2 rings (SSSR count). The van der Waals surface area contributed by atoms with Crippen LogP contribution in [0.1, 0.15) is 5.69 Å². The molecule has 8 heteroatoms. The van der Waals surface area contributed by atoms with Crippen LogP contribution in [0.3, 0.4) is 0 Å². The summed E-state index contributed by atoms with van der Waals surface area (Å²) in [6, 6.07) is 3.12. The van der Waals surface area contributed by atoms with E-state index in [9.17, 15) is 22.0 Å². The number of aromatic nitrogens is 1. The second-order valence-electron chi connectivity index (χ2n) is 3.78. The van der Waals surface area contributed by atoms with E-state index in [0.717, 1.165) is 18.3 Å². The molecule has 106 valence electrons. The lowest BCUT2D eigenvalue weighted by atomic mass is 10.3. The van der Waals surface area contributed by atoms with Gasteiger partial charge in [-0.2, -0.15) is 13.2 Å². The summed E-state index contributed by atoms with van der Waals surface area (Å²) < 4.78 is 68.2. The maximum Gasteiger partial charge on any atom is 0.433 e. The third kappa shape index (κ3) is 2.95. The first kappa shape index (κ1) is 14.0. The molecule has 1 aromatic carbocycles. The Labute approximate surface area is 109 Å². The van der Waals surface area contributed by atoms with E-state index >= 15 is 0 Å². The quantitative estimate of drug-likeness (QED) is 0.857. The van der Waals surface area contributed by atoms with Gasteiger partial charge in [-0.1, -0.05) is 0 Å². The van der Waals surface area contributed by atoms with Gasteiger partial charge in [0.25, 0.3) is 0 Å². The van der Waals surface area contributed by atoms with Crippen LogP contribution in [0.4, 0.5) is 27.6 Å². The average Bonchev–Trinajstić information content (AvgIpc) is 2.35. The van der Waals surface area contributed by atoms with Crippen molar-refractivity contribution in [1.29, 1.82) is 0 Å². The molecular formula is C12H7F5N2O. The number of benzene rings is 1. The Morgan fingerprint density at radius 2 is 1.75 bits per heavy atom. The highest BCUT2D eigenvalue weighted by Crippen LogP contribution is 2.34. The fourth-order valence-corrected chi connectivity index (χ4v) is 1.36. The molecule has 0 aliphatic heterocycles. The molecule has 0 aliphatic carbocycles. The van der Waals surface area contributed by atoms with Crippen LogP contribution in [-0.4, -0.2) is 4.98 Å². The number of nitrogen functional groups attached to an aromatic ring is 1. The van der Waals surface area contributed by atoms with Gasteiger partial charge in [0.15, 0.2) is 17.4 Å². The summed E-state index contributed by atoms with van der Waals surface area (Å²) in [6.45, 7) is 0. The van der Waals surface area contributed by atoms with Gasteiger partial charge in [-0.15, -0.1) is 0 Å². The Morgan fingerprint density at radius 3 is 2.35 bits per heavy atom. The summed E-state index contributed by atoms with van der Waals surface area (Å²) in [5, 5.41) is 0. The van der Waals surface area contributed by atoms with Gasteiger partial charge < -0.3 is 10.5 Å². The Kier molecular flexibility index (Phi) is 3.47. The average molecular weight is 290 g/mol. The van der Waals surface area contributed by atoms with Crippen molar-refractivity contribution in [1.82, 2.24) is 4.98 Å². The van der Waals surface area contributed by atoms with Crippen molar-refractivity contribution < 1.29 is 26.7 Å². The number of halogens is 5. The Bertz CT molecular complexity index is 642. The predicted octanol–water partition coefficient (Wildman–Crippen LogP) is 3.75. The van der Waals surface area contributed by atoms with E-state index in [2.05, 4.69) is 4.98 Å². The first-order valence-electron chi connectivity index (χ1n) is 5.23. The number of anilines is 1. The van der Waals surface area contributed by atoms with Gasteiger partial charge in [0.05, 0.1) is 11.9 Å². The summed E-state index contributed by atoms with van der Waals surface area (Å²) in [5.74, 6) is -2.82. The highest BCUT2D eigenvalue weighted by molar-refractivity contribution is 5.53. The van der Waals surface area contributed by atoms with Crippen LogP contribution in [-0.2, 0) is 6.18 Å². The molecule has 20 heavy (non-hydrogen) atoms. The van der Waals surface area contributed by atoms with Crippen molar-refractivity contribution in [3.8, 4) is 11.5 Å². The van der Waals surface area contributed by atoms with Crippen LogP contribution in [0.5, 0.6) is 11.5 Å². The number of hydrogen-bond acceptors (Lipinski definition) is 3. The zero-order chi connectivity index (χ0) is 14.9. The molecule has 0 saturated carbocycles. The number of pyridine rings is 1. The molecule has 2 aromatic rings. The van der Waals surface area contributed by atoms with Gasteiger partial charge in [0, 0.05) is 12.1 Å². The molecule has 0 radical (unpaired) electrons. The maximum absolute atomic E-state index is 13.0. The van der Waals surface area contributed by atoms with Crippen LogP contribution in [0, 0.1) is 11.6 Å².